The largest absolute Gasteiger partial charge is 0.384 e. The molecule has 1 atom stereocenters. The van der Waals surface area contributed by atoms with Gasteiger partial charge in [0.2, 0.25) is 5.91 Å². The smallest absolute Gasteiger partial charge is 0.224 e. The zero-order chi connectivity index (χ0) is 9.68. The van der Waals surface area contributed by atoms with Gasteiger partial charge >= 0.3 is 0 Å². The SMILES string of the molecule is COCCC(=O)N1CCNC(C)C1. The molecule has 1 amide bonds. The minimum absolute atomic E-state index is 0.204. The molecule has 4 heteroatoms. The number of methoxy groups -OCH3 is 1. The summed E-state index contributed by atoms with van der Waals surface area (Å²) in [5.74, 6) is 0.204. The van der Waals surface area contributed by atoms with Crippen LogP contribution in [0.1, 0.15) is 13.3 Å². The highest BCUT2D eigenvalue weighted by Crippen LogP contribution is 2.01. The van der Waals surface area contributed by atoms with Gasteiger partial charge in [-0.05, 0) is 6.92 Å². The molecule has 0 bridgehead atoms. The molecule has 1 unspecified atom stereocenters. The van der Waals surface area contributed by atoms with Gasteiger partial charge in [-0.15, -0.1) is 0 Å². The van der Waals surface area contributed by atoms with Crippen molar-refractivity contribution in [3.8, 4) is 0 Å². The molecule has 1 N–H and O–H groups in total. The number of amides is 1. The van der Waals surface area contributed by atoms with Crippen molar-refractivity contribution in [1.29, 1.82) is 0 Å². The Kier molecular flexibility index (Phi) is 4.18. The van der Waals surface area contributed by atoms with E-state index in [1.807, 2.05) is 4.90 Å². The highest BCUT2D eigenvalue weighted by Gasteiger charge is 2.19. The molecule has 4 nitrogen and oxygen atoms in total. The second-order valence-corrected chi connectivity index (χ2v) is 3.44. The van der Waals surface area contributed by atoms with Crippen molar-refractivity contribution >= 4 is 5.91 Å². The number of nitrogens with zero attached hydrogens (tertiary/aromatic N) is 1. The molecule has 1 heterocycles. The topological polar surface area (TPSA) is 41.6 Å². The summed E-state index contributed by atoms with van der Waals surface area (Å²) >= 11 is 0. The van der Waals surface area contributed by atoms with Gasteiger partial charge in [0, 0.05) is 32.8 Å². The molecule has 13 heavy (non-hydrogen) atoms. The summed E-state index contributed by atoms with van der Waals surface area (Å²) in [5, 5.41) is 3.30. The lowest BCUT2D eigenvalue weighted by molar-refractivity contribution is -0.133. The van der Waals surface area contributed by atoms with E-state index >= 15 is 0 Å². The molecular formula is C9H18N2O2. The average molecular weight is 186 g/mol. The van der Waals surface area contributed by atoms with E-state index in [0.29, 0.717) is 19.1 Å². The molecule has 0 aromatic rings. The molecule has 0 aromatic heterocycles. The van der Waals surface area contributed by atoms with Gasteiger partial charge in [0.1, 0.15) is 0 Å². The van der Waals surface area contributed by atoms with E-state index in [2.05, 4.69) is 12.2 Å². The molecule has 1 aliphatic rings. The molecule has 0 saturated carbocycles. The highest BCUT2D eigenvalue weighted by molar-refractivity contribution is 5.76. The average Bonchev–Trinajstić information content (AvgIpc) is 2.14. The fourth-order valence-electron chi connectivity index (χ4n) is 1.51. The first-order chi connectivity index (χ1) is 6.24. The Hall–Kier alpha value is -0.610. The molecule has 1 aliphatic heterocycles. The van der Waals surface area contributed by atoms with Crippen molar-refractivity contribution in [2.45, 2.75) is 19.4 Å². The van der Waals surface area contributed by atoms with E-state index in [1.54, 1.807) is 7.11 Å². The second kappa shape index (κ2) is 5.19. The lowest BCUT2D eigenvalue weighted by atomic mass is 10.2. The normalized spacial score (nSPS) is 23.2. The lowest BCUT2D eigenvalue weighted by Crippen LogP contribution is -2.51. The maximum atomic E-state index is 11.5. The van der Waals surface area contributed by atoms with Gasteiger partial charge in [-0.1, -0.05) is 0 Å². The first kappa shape index (κ1) is 10.5. The van der Waals surface area contributed by atoms with Crippen molar-refractivity contribution in [2.75, 3.05) is 33.4 Å². The number of nitrogens with one attached hydrogen (secondary N) is 1. The van der Waals surface area contributed by atoms with Gasteiger partial charge in [-0.3, -0.25) is 4.79 Å². The number of carbonyl (C=O) groups is 1. The molecule has 1 rings (SSSR count). The monoisotopic (exact) mass is 186 g/mol. The standard InChI is InChI=1S/C9H18N2O2/c1-8-7-11(5-4-10-8)9(12)3-6-13-2/h8,10H,3-7H2,1-2H3. The quantitative estimate of drug-likeness (QED) is 0.666. The van der Waals surface area contributed by atoms with Crippen LogP contribution in [0.4, 0.5) is 0 Å². The number of hydrogen-bond donors (Lipinski definition) is 1. The van der Waals surface area contributed by atoms with Crippen molar-refractivity contribution in [2.24, 2.45) is 0 Å². The van der Waals surface area contributed by atoms with Crippen LogP contribution in [0.25, 0.3) is 0 Å². The van der Waals surface area contributed by atoms with Crippen LogP contribution in [-0.4, -0.2) is 50.2 Å². The number of piperazine rings is 1. The van der Waals surface area contributed by atoms with Crippen LogP contribution in [0.3, 0.4) is 0 Å². The van der Waals surface area contributed by atoms with Crippen LogP contribution in [0.2, 0.25) is 0 Å². The molecule has 1 saturated heterocycles. The second-order valence-electron chi connectivity index (χ2n) is 3.44. The van der Waals surface area contributed by atoms with Gasteiger partial charge in [-0.25, -0.2) is 0 Å². The molecule has 0 aromatic carbocycles. The van der Waals surface area contributed by atoms with Gasteiger partial charge in [0.15, 0.2) is 0 Å². The van der Waals surface area contributed by atoms with Crippen LogP contribution in [0, 0.1) is 0 Å². The highest BCUT2D eigenvalue weighted by atomic mass is 16.5. The number of hydrogen-bond acceptors (Lipinski definition) is 3. The van der Waals surface area contributed by atoms with Gasteiger partial charge in [0.25, 0.3) is 0 Å². The minimum atomic E-state index is 0.204. The third-order valence-electron chi connectivity index (χ3n) is 2.24. The molecule has 76 valence electrons. The fraction of sp³-hybridized carbons (Fsp3) is 0.889. The van der Waals surface area contributed by atoms with Crippen LogP contribution >= 0.6 is 0 Å². The number of ether oxygens (including phenoxy) is 1. The van der Waals surface area contributed by atoms with E-state index in [1.165, 1.54) is 0 Å². The van der Waals surface area contributed by atoms with E-state index in [4.69, 9.17) is 4.74 Å². The third kappa shape index (κ3) is 3.32. The van der Waals surface area contributed by atoms with Gasteiger partial charge < -0.3 is 15.0 Å². The van der Waals surface area contributed by atoms with Crippen LogP contribution in [-0.2, 0) is 9.53 Å². The Morgan fingerprint density at radius 2 is 2.46 bits per heavy atom. The number of rotatable bonds is 3. The Balaban J connectivity index is 2.28. The first-order valence-corrected chi connectivity index (χ1v) is 4.74. The molecular weight excluding hydrogens is 168 g/mol. The summed E-state index contributed by atoms with van der Waals surface area (Å²) in [6.07, 6.45) is 0.503. The number of carbonyl (C=O) groups excluding carboxylic acids is 1. The summed E-state index contributed by atoms with van der Waals surface area (Å²) in [4.78, 5) is 13.4. The van der Waals surface area contributed by atoms with Crippen molar-refractivity contribution in [3.63, 3.8) is 0 Å². The van der Waals surface area contributed by atoms with Crippen molar-refractivity contribution in [1.82, 2.24) is 10.2 Å². The maximum absolute atomic E-state index is 11.5. The summed E-state index contributed by atoms with van der Waals surface area (Å²) in [5.41, 5.74) is 0. The summed E-state index contributed by atoms with van der Waals surface area (Å²) in [6.45, 7) is 5.17. The summed E-state index contributed by atoms with van der Waals surface area (Å²) in [6, 6.07) is 0.417. The molecule has 0 spiro atoms. The van der Waals surface area contributed by atoms with E-state index in [9.17, 15) is 4.79 Å². The van der Waals surface area contributed by atoms with Crippen molar-refractivity contribution < 1.29 is 9.53 Å². The molecule has 0 aliphatic carbocycles. The fourth-order valence-corrected chi connectivity index (χ4v) is 1.51. The Labute approximate surface area is 79.2 Å². The van der Waals surface area contributed by atoms with Crippen LogP contribution in [0.15, 0.2) is 0 Å². The van der Waals surface area contributed by atoms with Gasteiger partial charge in [-0.2, -0.15) is 0 Å². The van der Waals surface area contributed by atoms with Crippen LogP contribution < -0.4 is 5.32 Å². The predicted molar refractivity (Wildman–Crippen MR) is 50.5 cm³/mol. The Morgan fingerprint density at radius 3 is 3.08 bits per heavy atom. The third-order valence-corrected chi connectivity index (χ3v) is 2.24. The van der Waals surface area contributed by atoms with E-state index in [-0.39, 0.29) is 5.91 Å². The van der Waals surface area contributed by atoms with Crippen molar-refractivity contribution in [3.05, 3.63) is 0 Å². The van der Waals surface area contributed by atoms with Gasteiger partial charge in [0.05, 0.1) is 13.0 Å². The van der Waals surface area contributed by atoms with E-state index in [0.717, 1.165) is 19.6 Å². The maximum Gasteiger partial charge on any atom is 0.224 e. The summed E-state index contributed by atoms with van der Waals surface area (Å²) < 4.78 is 4.87. The zero-order valence-electron chi connectivity index (χ0n) is 8.38. The molecule has 0 radical (unpaired) electrons. The first-order valence-electron chi connectivity index (χ1n) is 4.74. The Morgan fingerprint density at radius 1 is 1.69 bits per heavy atom. The zero-order valence-corrected chi connectivity index (χ0v) is 8.38. The Bertz CT molecular complexity index is 173. The van der Waals surface area contributed by atoms with E-state index < -0.39 is 0 Å². The molecule has 1 fully saturated rings. The summed E-state index contributed by atoms with van der Waals surface area (Å²) in [7, 11) is 1.62. The minimum Gasteiger partial charge on any atom is -0.384 e. The van der Waals surface area contributed by atoms with Crippen LogP contribution in [0.5, 0.6) is 0 Å². The predicted octanol–water partition coefficient (Wildman–Crippen LogP) is -0.157. The lowest BCUT2D eigenvalue weighted by Gasteiger charge is -2.31.